The number of methoxy groups -OCH3 is 2. The smallest absolute Gasteiger partial charge is 0.330 e. The summed E-state index contributed by atoms with van der Waals surface area (Å²) < 4.78 is 10.3. The summed E-state index contributed by atoms with van der Waals surface area (Å²) in [6, 6.07) is 10.1. The molecule has 0 saturated heterocycles. The Hall–Kier alpha value is -1.61. The summed E-state index contributed by atoms with van der Waals surface area (Å²) in [6.45, 7) is 2.09. The fraction of sp³-hybridized carbons (Fsp3) is 0.400. The van der Waals surface area contributed by atoms with Crippen LogP contribution in [-0.2, 0) is 19.9 Å². The summed E-state index contributed by atoms with van der Waals surface area (Å²) in [5, 5.41) is 0. The zero-order valence-corrected chi connectivity index (χ0v) is 11.0. The molecular weight excluding hydrogens is 228 g/mol. The van der Waals surface area contributed by atoms with Gasteiger partial charge in [0.25, 0.3) is 0 Å². The van der Waals surface area contributed by atoms with Gasteiger partial charge in [0.2, 0.25) is 0 Å². The Balaban J connectivity index is 2.24. The molecule has 0 spiro atoms. The van der Waals surface area contributed by atoms with Crippen molar-refractivity contribution < 1.29 is 14.3 Å². The van der Waals surface area contributed by atoms with E-state index in [1.54, 1.807) is 7.11 Å². The highest BCUT2D eigenvalue weighted by Crippen LogP contribution is 2.65. The monoisotopic (exact) mass is 246 g/mol. The minimum Gasteiger partial charge on any atom is -0.466 e. The van der Waals surface area contributed by atoms with Crippen molar-refractivity contribution in [3.63, 3.8) is 0 Å². The Labute approximate surface area is 107 Å². The molecule has 0 aromatic heterocycles. The summed E-state index contributed by atoms with van der Waals surface area (Å²) in [4.78, 5) is 11.2. The molecule has 18 heavy (non-hydrogen) atoms. The fourth-order valence-corrected chi connectivity index (χ4v) is 2.55. The van der Waals surface area contributed by atoms with E-state index in [9.17, 15) is 4.79 Å². The topological polar surface area (TPSA) is 35.5 Å². The molecular formula is C15H18O3. The molecule has 3 heteroatoms. The summed E-state index contributed by atoms with van der Waals surface area (Å²) in [5.74, 6) is -0.332. The van der Waals surface area contributed by atoms with Crippen molar-refractivity contribution in [3.8, 4) is 0 Å². The van der Waals surface area contributed by atoms with Crippen molar-refractivity contribution in [1.82, 2.24) is 0 Å². The molecule has 0 aliphatic heterocycles. The van der Waals surface area contributed by atoms with E-state index in [0.29, 0.717) is 0 Å². The van der Waals surface area contributed by atoms with Crippen LogP contribution in [0.15, 0.2) is 42.5 Å². The van der Waals surface area contributed by atoms with Crippen LogP contribution in [0.1, 0.15) is 18.9 Å². The van der Waals surface area contributed by atoms with E-state index >= 15 is 0 Å². The molecule has 0 unspecified atom stereocenters. The molecule has 96 valence electrons. The molecule has 0 amide bonds. The largest absolute Gasteiger partial charge is 0.466 e. The van der Waals surface area contributed by atoms with Gasteiger partial charge in [0.05, 0.1) is 7.11 Å². The van der Waals surface area contributed by atoms with Crippen molar-refractivity contribution >= 4 is 5.97 Å². The fourth-order valence-electron chi connectivity index (χ4n) is 2.55. The molecule has 1 aliphatic rings. The number of hydrogen-bond acceptors (Lipinski definition) is 3. The molecule has 2 atom stereocenters. The predicted molar refractivity (Wildman–Crippen MR) is 69.0 cm³/mol. The van der Waals surface area contributed by atoms with Gasteiger partial charge in [0.15, 0.2) is 0 Å². The van der Waals surface area contributed by atoms with Gasteiger partial charge >= 0.3 is 5.97 Å². The normalized spacial score (nSPS) is 30.4. The first-order valence-corrected chi connectivity index (χ1v) is 5.96. The third kappa shape index (κ3) is 1.95. The van der Waals surface area contributed by atoms with Crippen molar-refractivity contribution in [2.45, 2.75) is 18.9 Å². The molecule has 1 aliphatic carbocycles. The van der Waals surface area contributed by atoms with Crippen LogP contribution in [-0.4, -0.2) is 20.2 Å². The highest BCUT2D eigenvalue weighted by Gasteiger charge is 2.64. The first-order chi connectivity index (χ1) is 8.58. The van der Waals surface area contributed by atoms with Gasteiger partial charge in [-0.05, 0) is 12.0 Å². The van der Waals surface area contributed by atoms with Crippen LogP contribution in [0.4, 0.5) is 0 Å². The Morgan fingerprint density at radius 2 is 1.94 bits per heavy atom. The van der Waals surface area contributed by atoms with E-state index in [0.717, 1.165) is 12.0 Å². The molecule has 1 aromatic rings. The maximum absolute atomic E-state index is 11.2. The zero-order valence-electron chi connectivity index (χ0n) is 11.0. The lowest BCUT2D eigenvalue weighted by atomic mass is 9.97. The van der Waals surface area contributed by atoms with Crippen molar-refractivity contribution in [3.05, 3.63) is 48.0 Å². The van der Waals surface area contributed by atoms with Gasteiger partial charge in [-0.15, -0.1) is 0 Å². The number of carbonyl (C=O) groups is 1. The van der Waals surface area contributed by atoms with E-state index in [2.05, 4.69) is 23.8 Å². The highest BCUT2D eigenvalue weighted by molar-refractivity contribution is 5.82. The minimum absolute atomic E-state index is 0.155. The SMILES string of the molecule is COC(=O)/C=C/[C@@]1(C)C[C@]1(OC)c1ccccc1. The maximum atomic E-state index is 11.2. The van der Waals surface area contributed by atoms with Crippen molar-refractivity contribution in [2.24, 2.45) is 5.41 Å². The lowest BCUT2D eigenvalue weighted by Gasteiger charge is -2.19. The number of esters is 1. The van der Waals surface area contributed by atoms with Gasteiger partial charge in [-0.25, -0.2) is 4.79 Å². The number of ether oxygens (including phenoxy) is 2. The van der Waals surface area contributed by atoms with Gasteiger partial charge in [-0.2, -0.15) is 0 Å². The van der Waals surface area contributed by atoms with Gasteiger partial charge in [0, 0.05) is 18.6 Å². The van der Waals surface area contributed by atoms with Crippen LogP contribution < -0.4 is 0 Å². The average Bonchev–Trinajstić information content (AvgIpc) is 3.04. The zero-order chi connectivity index (χ0) is 13.2. The van der Waals surface area contributed by atoms with Crippen LogP contribution >= 0.6 is 0 Å². The first-order valence-electron chi connectivity index (χ1n) is 5.96. The Kier molecular flexibility index (Phi) is 3.26. The molecule has 3 nitrogen and oxygen atoms in total. The third-order valence-electron chi connectivity index (χ3n) is 3.79. The van der Waals surface area contributed by atoms with E-state index in [4.69, 9.17) is 4.74 Å². The second-order valence-electron chi connectivity index (χ2n) is 4.85. The maximum Gasteiger partial charge on any atom is 0.330 e. The van der Waals surface area contributed by atoms with Crippen LogP contribution in [0.25, 0.3) is 0 Å². The van der Waals surface area contributed by atoms with Gasteiger partial charge in [-0.1, -0.05) is 43.3 Å². The molecule has 0 N–H and O–H groups in total. The van der Waals surface area contributed by atoms with Crippen molar-refractivity contribution in [2.75, 3.05) is 14.2 Å². The van der Waals surface area contributed by atoms with Gasteiger partial charge < -0.3 is 9.47 Å². The Morgan fingerprint density at radius 3 is 2.50 bits per heavy atom. The van der Waals surface area contributed by atoms with E-state index in [1.807, 2.05) is 24.3 Å². The third-order valence-corrected chi connectivity index (χ3v) is 3.79. The van der Waals surface area contributed by atoms with E-state index in [-0.39, 0.29) is 17.0 Å². The van der Waals surface area contributed by atoms with Gasteiger partial charge in [0.1, 0.15) is 5.60 Å². The summed E-state index contributed by atoms with van der Waals surface area (Å²) in [5.41, 5.74) is 0.667. The average molecular weight is 246 g/mol. The molecule has 2 rings (SSSR count). The predicted octanol–water partition coefficient (Wildman–Crippen LogP) is 2.67. The molecule has 0 heterocycles. The van der Waals surface area contributed by atoms with E-state index < -0.39 is 0 Å². The summed E-state index contributed by atoms with van der Waals surface area (Å²) in [6.07, 6.45) is 4.23. The van der Waals surface area contributed by atoms with Gasteiger partial charge in [-0.3, -0.25) is 0 Å². The molecule has 1 fully saturated rings. The standard InChI is InChI=1S/C15H18O3/c1-14(10-9-13(16)17-2)11-15(14,18-3)12-7-5-4-6-8-12/h4-10H,11H2,1-3H3/b10-9+/t14-,15-/m0/s1. The van der Waals surface area contributed by atoms with Crippen LogP contribution in [0.5, 0.6) is 0 Å². The lowest BCUT2D eigenvalue weighted by molar-refractivity contribution is -0.134. The Morgan fingerprint density at radius 1 is 1.28 bits per heavy atom. The number of carbonyl (C=O) groups excluding carboxylic acids is 1. The van der Waals surface area contributed by atoms with E-state index in [1.165, 1.54) is 13.2 Å². The Bertz CT molecular complexity index is 466. The molecule has 0 radical (unpaired) electrons. The number of hydrogen-bond donors (Lipinski definition) is 0. The second kappa shape index (κ2) is 4.58. The van der Waals surface area contributed by atoms with Crippen LogP contribution in [0, 0.1) is 5.41 Å². The summed E-state index contributed by atoms with van der Waals surface area (Å²) in [7, 11) is 3.09. The molecule has 1 aromatic carbocycles. The van der Waals surface area contributed by atoms with Crippen LogP contribution in [0.3, 0.4) is 0 Å². The number of benzene rings is 1. The van der Waals surface area contributed by atoms with Crippen molar-refractivity contribution in [1.29, 1.82) is 0 Å². The first kappa shape index (κ1) is 12.8. The molecule has 1 saturated carbocycles. The second-order valence-corrected chi connectivity index (χ2v) is 4.85. The lowest BCUT2D eigenvalue weighted by Crippen LogP contribution is -2.17. The summed E-state index contributed by atoms with van der Waals surface area (Å²) >= 11 is 0. The minimum atomic E-state index is -0.332. The highest BCUT2D eigenvalue weighted by atomic mass is 16.5. The van der Waals surface area contributed by atoms with Crippen LogP contribution in [0.2, 0.25) is 0 Å². The molecule has 0 bridgehead atoms. The number of rotatable bonds is 4. The quantitative estimate of drug-likeness (QED) is 0.605.